The van der Waals surface area contributed by atoms with Gasteiger partial charge >= 0.3 is 0 Å². The monoisotopic (exact) mass is 271 g/mol. The van der Waals surface area contributed by atoms with Gasteiger partial charge in [-0.15, -0.1) is 11.3 Å². The van der Waals surface area contributed by atoms with Gasteiger partial charge in [0.25, 0.3) is 0 Å². The lowest BCUT2D eigenvalue weighted by Crippen LogP contribution is -2.13. The number of thiazole rings is 1. The van der Waals surface area contributed by atoms with Gasteiger partial charge in [0.05, 0.1) is 11.2 Å². The van der Waals surface area contributed by atoms with Crippen LogP contribution in [0.1, 0.15) is 11.4 Å². The Kier molecular flexibility index (Phi) is 3.62. The molecule has 96 valence electrons. The number of nitrogens with zero attached hydrogens (tertiary/aromatic N) is 3. The fourth-order valence-corrected chi connectivity index (χ4v) is 2.40. The molecule has 6 heteroatoms. The van der Waals surface area contributed by atoms with E-state index < -0.39 is 0 Å². The number of benzene rings is 1. The Hall–Kier alpha value is -2.05. The van der Waals surface area contributed by atoms with Gasteiger partial charge in [-0.3, -0.25) is 0 Å². The SMILES string of the molecule is c1ccc(-c2n[nH]nc2CNCc2cscn2)cc1. The predicted molar refractivity (Wildman–Crippen MR) is 74.5 cm³/mol. The van der Waals surface area contributed by atoms with E-state index in [1.165, 1.54) is 0 Å². The molecular weight excluding hydrogens is 258 g/mol. The van der Waals surface area contributed by atoms with Crippen molar-refractivity contribution in [2.24, 2.45) is 0 Å². The van der Waals surface area contributed by atoms with E-state index in [0.717, 1.165) is 29.2 Å². The molecule has 19 heavy (non-hydrogen) atoms. The number of aromatic nitrogens is 4. The number of nitrogens with one attached hydrogen (secondary N) is 2. The van der Waals surface area contributed by atoms with Crippen LogP contribution in [0.25, 0.3) is 11.3 Å². The molecule has 0 aliphatic rings. The number of hydrogen-bond acceptors (Lipinski definition) is 5. The Labute approximate surface area is 114 Å². The highest BCUT2D eigenvalue weighted by atomic mass is 32.1. The van der Waals surface area contributed by atoms with Crippen LogP contribution in [0.4, 0.5) is 0 Å². The van der Waals surface area contributed by atoms with Crippen molar-refractivity contribution in [2.45, 2.75) is 13.1 Å². The van der Waals surface area contributed by atoms with Crippen molar-refractivity contribution in [1.82, 2.24) is 25.7 Å². The third-order valence-corrected chi connectivity index (χ3v) is 3.38. The average Bonchev–Trinajstić information content (AvgIpc) is 3.11. The first-order valence-electron chi connectivity index (χ1n) is 5.96. The Morgan fingerprint density at radius 3 is 2.79 bits per heavy atom. The molecule has 2 N–H and O–H groups in total. The summed E-state index contributed by atoms with van der Waals surface area (Å²) in [5.41, 5.74) is 5.77. The quantitative estimate of drug-likeness (QED) is 0.746. The molecule has 2 heterocycles. The Balaban J connectivity index is 1.67. The molecular formula is C13H13N5S. The van der Waals surface area contributed by atoms with E-state index in [0.29, 0.717) is 6.54 Å². The maximum Gasteiger partial charge on any atom is 0.117 e. The van der Waals surface area contributed by atoms with Gasteiger partial charge < -0.3 is 5.32 Å². The summed E-state index contributed by atoms with van der Waals surface area (Å²) in [4.78, 5) is 4.23. The lowest BCUT2D eigenvalue weighted by atomic mass is 10.1. The van der Waals surface area contributed by atoms with Crippen LogP contribution in [0.5, 0.6) is 0 Å². The molecule has 0 spiro atoms. The van der Waals surface area contributed by atoms with Crippen LogP contribution < -0.4 is 5.32 Å². The maximum atomic E-state index is 4.23. The van der Waals surface area contributed by atoms with Gasteiger partial charge in [-0.1, -0.05) is 30.3 Å². The van der Waals surface area contributed by atoms with E-state index in [9.17, 15) is 0 Å². The van der Waals surface area contributed by atoms with Gasteiger partial charge in [0.2, 0.25) is 0 Å². The van der Waals surface area contributed by atoms with Crippen molar-refractivity contribution in [3.63, 3.8) is 0 Å². The van der Waals surface area contributed by atoms with Crippen molar-refractivity contribution in [3.05, 3.63) is 52.6 Å². The van der Waals surface area contributed by atoms with Crippen molar-refractivity contribution in [1.29, 1.82) is 0 Å². The van der Waals surface area contributed by atoms with Crippen LogP contribution in [0.15, 0.2) is 41.2 Å². The fraction of sp³-hybridized carbons (Fsp3) is 0.154. The highest BCUT2D eigenvalue weighted by Crippen LogP contribution is 2.18. The summed E-state index contributed by atoms with van der Waals surface area (Å²) in [6.07, 6.45) is 0. The summed E-state index contributed by atoms with van der Waals surface area (Å²) in [6, 6.07) is 10.0. The van der Waals surface area contributed by atoms with Crippen molar-refractivity contribution >= 4 is 11.3 Å². The molecule has 0 aliphatic heterocycles. The fourth-order valence-electron chi connectivity index (χ4n) is 1.84. The topological polar surface area (TPSA) is 66.5 Å². The molecule has 0 amide bonds. The van der Waals surface area contributed by atoms with E-state index in [2.05, 4.69) is 25.7 Å². The molecule has 0 unspecified atom stereocenters. The van der Waals surface area contributed by atoms with Gasteiger partial charge in [0.1, 0.15) is 11.4 Å². The van der Waals surface area contributed by atoms with E-state index in [1.807, 2.05) is 41.2 Å². The molecule has 2 aromatic heterocycles. The Bertz CT molecular complexity index is 618. The second-order valence-corrected chi connectivity index (χ2v) is 4.79. The molecule has 0 bridgehead atoms. The number of aromatic amines is 1. The highest BCUT2D eigenvalue weighted by Gasteiger charge is 2.09. The highest BCUT2D eigenvalue weighted by molar-refractivity contribution is 7.07. The standard InChI is InChI=1S/C13H13N5S/c1-2-4-10(5-3-1)13-12(16-18-17-13)7-14-6-11-8-19-9-15-11/h1-5,8-9,14H,6-7H2,(H,16,17,18). The van der Waals surface area contributed by atoms with Crippen molar-refractivity contribution in [2.75, 3.05) is 0 Å². The minimum Gasteiger partial charge on any atom is -0.305 e. The minimum absolute atomic E-state index is 0.665. The molecule has 0 saturated carbocycles. The lowest BCUT2D eigenvalue weighted by Gasteiger charge is -2.02. The summed E-state index contributed by atoms with van der Waals surface area (Å²) in [5, 5.41) is 16.5. The van der Waals surface area contributed by atoms with Gasteiger partial charge in [-0.2, -0.15) is 15.4 Å². The van der Waals surface area contributed by atoms with E-state index >= 15 is 0 Å². The van der Waals surface area contributed by atoms with Crippen LogP contribution in [-0.2, 0) is 13.1 Å². The minimum atomic E-state index is 0.665. The second kappa shape index (κ2) is 5.73. The number of rotatable bonds is 5. The molecule has 0 radical (unpaired) electrons. The largest absolute Gasteiger partial charge is 0.305 e. The molecule has 5 nitrogen and oxygen atoms in total. The van der Waals surface area contributed by atoms with Gasteiger partial charge in [-0.25, -0.2) is 4.98 Å². The maximum absolute atomic E-state index is 4.23. The lowest BCUT2D eigenvalue weighted by molar-refractivity contribution is 0.668. The molecule has 0 atom stereocenters. The first-order chi connectivity index (χ1) is 9.43. The van der Waals surface area contributed by atoms with Crippen molar-refractivity contribution in [3.8, 4) is 11.3 Å². The third kappa shape index (κ3) is 2.86. The zero-order valence-electron chi connectivity index (χ0n) is 10.2. The van der Waals surface area contributed by atoms with E-state index in [-0.39, 0.29) is 0 Å². The summed E-state index contributed by atoms with van der Waals surface area (Å²) in [6.45, 7) is 1.41. The Morgan fingerprint density at radius 1 is 1.11 bits per heavy atom. The van der Waals surface area contributed by atoms with Gasteiger partial charge in [0, 0.05) is 24.0 Å². The number of hydrogen-bond donors (Lipinski definition) is 2. The summed E-state index contributed by atoms with van der Waals surface area (Å²) >= 11 is 1.60. The van der Waals surface area contributed by atoms with Crippen LogP contribution in [0.2, 0.25) is 0 Å². The van der Waals surface area contributed by atoms with Gasteiger partial charge in [-0.05, 0) is 0 Å². The first-order valence-corrected chi connectivity index (χ1v) is 6.90. The Morgan fingerprint density at radius 2 is 2.00 bits per heavy atom. The van der Waals surface area contributed by atoms with Crippen LogP contribution in [0, 0.1) is 0 Å². The molecule has 0 fully saturated rings. The molecule has 0 aliphatic carbocycles. The van der Waals surface area contributed by atoms with Gasteiger partial charge in [0.15, 0.2) is 0 Å². The zero-order valence-corrected chi connectivity index (χ0v) is 11.0. The normalized spacial score (nSPS) is 10.7. The zero-order chi connectivity index (χ0) is 12.9. The van der Waals surface area contributed by atoms with Crippen molar-refractivity contribution < 1.29 is 0 Å². The van der Waals surface area contributed by atoms with Crippen LogP contribution in [0.3, 0.4) is 0 Å². The summed E-state index contributed by atoms with van der Waals surface area (Å²) in [5.74, 6) is 0. The first kappa shape index (κ1) is 12.0. The summed E-state index contributed by atoms with van der Waals surface area (Å²) in [7, 11) is 0. The molecule has 3 rings (SSSR count). The summed E-state index contributed by atoms with van der Waals surface area (Å²) < 4.78 is 0. The smallest absolute Gasteiger partial charge is 0.117 e. The second-order valence-electron chi connectivity index (χ2n) is 4.07. The molecule has 0 saturated heterocycles. The predicted octanol–water partition coefficient (Wildman–Crippen LogP) is 2.22. The van der Waals surface area contributed by atoms with E-state index in [1.54, 1.807) is 11.3 Å². The van der Waals surface area contributed by atoms with Crippen LogP contribution in [-0.4, -0.2) is 20.4 Å². The average molecular weight is 271 g/mol. The number of H-pyrrole nitrogens is 1. The van der Waals surface area contributed by atoms with Crippen LogP contribution >= 0.6 is 11.3 Å². The molecule has 3 aromatic rings. The van der Waals surface area contributed by atoms with E-state index in [4.69, 9.17) is 0 Å². The molecule has 1 aromatic carbocycles. The third-order valence-electron chi connectivity index (χ3n) is 2.75.